The Balaban J connectivity index is 1.17. The molecule has 4 aromatic rings. The van der Waals surface area contributed by atoms with Gasteiger partial charge in [0.1, 0.15) is 40.8 Å². The molecule has 15 nitrogen and oxygen atoms in total. The van der Waals surface area contributed by atoms with Crippen molar-refractivity contribution in [3.05, 3.63) is 84.9 Å². The molecule has 1 saturated heterocycles. The molecule has 3 fully saturated rings. The fraction of sp³-hybridized carbons (Fsp3) is 0.444. The molecule has 0 spiro atoms. The molecule has 0 radical (unpaired) electrons. The molecule has 4 amide bonds. The van der Waals surface area contributed by atoms with Gasteiger partial charge in [0.2, 0.25) is 11.8 Å². The lowest BCUT2D eigenvalue weighted by Crippen LogP contribution is -2.60. The van der Waals surface area contributed by atoms with E-state index in [2.05, 4.69) is 20.7 Å². The quantitative estimate of drug-likeness (QED) is 0.125. The first-order chi connectivity index (χ1) is 28.7. The molecule has 3 aliphatic rings. The molecule has 324 valence electrons. The van der Waals surface area contributed by atoms with Crippen molar-refractivity contribution in [1.82, 2.24) is 25.2 Å². The van der Waals surface area contributed by atoms with E-state index in [4.69, 9.17) is 19.2 Å². The van der Waals surface area contributed by atoms with E-state index in [1.54, 1.807) is 85.1 Å². The van der Waals surface area contributed by atoms with Crippen molar-refractivity contribution in [2.45, 2.75) is 108 Å². The second-order valence-corrected chi connectivity index (χ2v) is 20.2. The monoisotopic (exact) mass is 854 g/mol. The average molecular weight is 855 g/mol. The molecule has 3 aromatic carbocycles. The number of para-hydroxylation sites is 1. The van der Waals surface area contributed by atoms with Gasteiger partial charge in [0.05, 0.1) is 24.9 Å². The van der Waals surface area contributed by atoms with Crippen molar-refractivity contribution in [2.24, 2.45) is 5.41 Å². The number of anilines is 1. The van der Waals surface area contributed by atoms with E-state index in [0.29, 0.717) is 46.6 Å². The van der Waals surface area contributed by atoms with Gasteiger partial charge in [-0.25, -0.2) is 22.9 Å². The zero-order valence-electron chi connectivity index (χ0n) is 35.5. The van der Waals surface area contributed by atoms with Crippen molar-refractivity contribution in [2.75, 3.05) is 19.0 Å². The zero-order chi connectivity index (χ0) is 44.0. The van der Waals surface area contributed by atoms with Crippen LogP contribution in [0.5, 0.6) is 11.5 Å². The predicted octanol–water partition coefficient (Wildman–Crippen LogP) is 5.90. The van der Waals surface area contributed by atoms with Gasteiger partial charge in [0.25, 0.3) is 15.9 Å². The number of carbonyl (C=O) groups excluding carboxylic acids is 4. The Kier molecular flexibility index (Phi) is 11.5. The molecule has 61 heavy (non-hydrogen) atoms. The maximum atomic E-state index is 14.7. The molecule has 2 aliphatic carbocycles. The van der Waals surface area contributed by atoms with Crippen LogP contribution >= 0.6 is 0 Å². The minimum absolute atomic E-state index is 0.0155. The lowest BCUT2D eigenvalue weighted by Gasteiger charge is -2.36. The number of benzene rings is 3. The number of hydrogen-bond donors (Lipinski definition) is 4. The first-order valence-corrected chi connectivity index (χ1v) is 21.9. The summed E-state index contributed by atoms with van der Waals surface area (Å²) >= 11 is 0. The Morgan fingerprint density at radius 1 is 0.869 bits per heavy atom. The SMILES string of the molecule is COc1ccc2c(O[C@@H]3C[C@@H](C(=O)NC4(C(=O)NS(=O)(=O)C5(Nc6ccccc6)CC5)CC4)N(C(=O)[C@@H](NC(=O)OC(C)(C)C)C(C)(C)C)C3)cc(-c3ccccc3)nc2c1. The van der Waals surface area contributed by atoms with Crippen LogP contribution in [-0.2, 0) is 29.1 Å². The topological polar surface area (TPSA) is 194 Å². The van der Waals surface area contributed by atoms with Crippen LogP contribution in [0.3, 0.4) is 0 Å². The lowest BCUT2D eigenvalue weighted by atomic mass is 9.85. The third-order valence-electron chi connectivity index (χ3n) is 11.1. The molecule has 1 aliphatic heterocycles. The summed E-state index contributed by atoms with van der Waals surface area (Å²) in [5.74, 6) is -1.00. The van der Waals surface area contributed by atoms with E-state index in [9.17, 15) is 27.6 Å². The Bertz CT molecular complexity index is 2430. The highest BCUT2D eigenvalue weighted by atomic mass is 32.2. The largest absolute Gasteiger partial charge is 0.497 e. The van der Waals surface area contributed by atoms with E-state index >= 15 is 0 Å². The van der Waals surface area contributed by atoms with Crippen LogP contribution in [0.1, 0.15) is 73.6 Å². The van der Waals surface area contributed by atoms with Crippen LogP contribution in [0.15, 0.2) is 84.9 Å². The zero-order valence-corrected chi connectivity index (χ0v) is 36.4. The molecule has 2 saturated carbocycles. The summed E-state index contributed by atoms with van der Waals surface area (Å²) in [5, 5.41) is 9.29. The number of amides is 4. The Morgan fingerprint density at radius 2 is 1.52 bits per heavy atom. The smallest absolute Gasteiger partial charge is 0.408 e. The van der Waals surface area contributed by atoms with Crippen molar-refractivity contribution in [3.8, 4) is 22.8 Å². The number of nitrogens with zero attached hydrogens (tertiary/aromatic N) is 2. The maximum absolute atomic E-state index is 14.7. The van der Waals surface area contributed by atoms with E-state index in [1.807, 2.05) is 48.5 Å². The van der Waals surface area contributed by atoms with E-state index in [1.165, 1.54) is 4.90 Å². The van der Waals surface area contributed by atoms with Gasteiger partial charge >= 0.3 is 6.09 Å². The van der Waals surface area contributed by atoms with Crippen LogP contribution in [0.4, 0.5) is 10.5 Å². The summed E-state index contributed by atoms with van der Waals surface area (Å²) in [6.45, 7) is 10.5. The third kappa shape index (κ3) is 9.54. The van der Waals surface area contributed by atoms with E-state index in [0.717, 1.165) is 5.56 Å². The number of rotatable bonds is 13. The van der Waals surface area contributed by atoms with Crippen molar-refractivity contribution < 1.29 is 41.8 Å². The average Bonchev–Trinajstić information content (AvgIpc) is 4.13. The van der Waals surface area contributed by atoms with Crippen LogP contribution in [-0.4, -0.2) is 90.0 Å². The molecule has 0 bridgehead atoms. The van der Waals surface area contributed by atoms with Gasteiger partial charge in [-0.2, -0.15) is 0 Å². The van der Waals surface area contributed by atoms with Crippen LogP contribution in [0.25, 0.3) is 22.2 Å². The minimum Gasteiger partial charge on any atom is -0.497 e. The summed E-state index contributed by atoms with van der Waals surface area (Å²) in [5.41, 5.74) is -0.508. The number of aromatic nitrogens is 1. The van der Waals surface area contributed by atoms with Gasteiger partial charge in [-0.3, -0.25) is 14.4 Å². The molecule has 7 rings (SSSR count). The summed E-state index contributed by atoms with van der Waals surface area (Å²) in [6, 6.07) is 23.4. The number of sulfonamides is 1. The fourth-order valence-electron chi connectivity index (χ4n) is 7.48. The normalized spacial score (nSPS) is 19.6. The van der Waals surface area contributed by atoms with Gasteiger partial charge in [0, 0.05) is 35.2 Å². The van der Waals surface area contributed by atoms with Gasteiger partial charge in [0.15, 0.2) is 4.87 Å². The highest BCUT2D eigenvalue weighted by molar-refractivity contribution is 7.91. The molecule has 16 heteroatoms. The number of hydrogen-bond acceptors (Lipinski definition) is 11. The molecular formula is C45H54N6O9S. The third-order valence-corrected chi connectivity index (χ3v) is 13.1. The van der Waals surface area contributed by atoms with Gasteiger partial charge < -0.3 is 35.1 Å². The standard InChI is InChI=1S/C45H54N6O9S/c1-42(2,3)37(47-41(55)60-43(4,5)6)39(53)51-27-31(59-36-26-33(28-14-10-8-11-15-28)46-34-24-30(58-7)18-19-32(34)36)25-35(51)38(52)49-44(20-21-44)40(54)50-61(56,57)45(22-23-45)48-29-16-12-9-13-17-29/h8-19,24,26,31,35,37,48H,20-23,25,27H2,1-7H3,(H,47,55)(H,49,52)(H,50,54)/t31-,35+,37-/m1/s1. The second-order valence-electron chi connectivity index (χ2n) is 18.2. The van der Waals surface area contributed by atoms with Gasteiger partial charge in [-0.1, -0.05) is 69.3 Å². The Hall–Kier alpha value is -5.90. The number of pyridine rings is 1. The van der Waals surface area contributed by atoms with Crippen LogP contribution in [0.2, 0.25) is 0 Å². The summed E-state index contributed by atoms with van der Waals surface area (Å²) in [4.78, 5) is 61.0. The number of nitrogens with one attached hydrogen (secondary N) is 4. The molecule has 2 heterocycles. The first-order valence-electron chi connectivity index (χ1n) is 20.4. The number of ether oxygens (including phenoxy) is 3. The number of likely N-dealkylation sites (tertiary alicyclic amines) is 1. The van der Waals surface area contributed by atoms with Crippen LogP contribution in [0, 0.1) is 5.41 Å². The number of carbonyl (C=O) groups is 4. The first kappa shape index (κ1) is 43.2. The lowest BCUT2D eigenvalue weighted by molar-refractivity contribution is -0.143. The van der Waals surface area contributed by atoms with Crippen molar-refractivity contribution in [1.29, 1.82) is 0 Å². The summed E-state index contributed by atoms with van der Waals surface area (Å²) in [7, 11) is -2.65. The van der Waals surface area contributed by atoms with E-state index in [-0.39, 0.29) is 25.8 Å². The summed E-state index contributed by atoms with van der Waals surface area (Å²) in [6.07, 6.45) is -0.541. The minimum atomic E-state index is -4.22. The number of methoxy groups -OCH3 is 1. The molecule has 1 aromatic heterocycles. The fourth-order valence-corrected chi connectivity index (χ4v) is 9.01. The van der Waals surface area contributed by atoms with Gasteiger partial charge in [-0.05, 0) is 76.1 Å². The second kappa shape index (κ2) is 16.2. The van der Waals surface area contributed by atoms with Gasteiger partial charge in [-0.15, -0.1) is 0 Å². The molecule has 0 unspecified atom stereocenters. The van der Waals surface area contributed by atoms with E-state index < -0.39 is 73.5 Å². The van der Waals surface area contributed by atoms with Crippen LogP contribution < -0.4 is 30.1 Å². The summed E-state index contributed by atoms with van der Waals surface area (Å²) < 4.78 is 47.3. The highest BCUT2D eigenvalue weighted by Gasteiger charge is 2.60. The highest BCUT2D eigenvalue weighted by Crippen LogP contribution is 2.45. The maximum Gasteiger partial charge on any atom is 0.408 e. The number of fused-ring (bicyclic) bond motifs is 1. The predicted molar refractivity (Wildman–Crippen MR) is 230 cm³/mol. The molecule has 4 N–H and O–H groups in total. The molecular weight excluding hydrogens is 801 g/mol. The van der Waals surface area contributed by atoms with Crippen molar-refractivity contribution in [3.63, 3.8) is 0 Å². The van der Waals surface area contributed by atoms with Crippen molar-refractivity contribution >= 4 is 50.4 Å². The number of alkyl carbamates (subject to hydrolysis) is 1. The Labute approximate surface area is 356 Å². The Morgan fingerprint density at radius 3 is 2.11 bits per heavy atom. The molecule has 3 atom stereocenters.